The summed E-state index contributed by atoms with van der Waals surface area (Å²) in [6.45, 7) is 4.68. The predicted octanol–water partition coefficient (Wildman–Crippen LogP) is 7.20. The van der Waals surface area contributed by atoms with Gasteiger partial charge in [0.15, 0.2) is 0 Å². The van der Waals surface area contributed by atoms with Crippen molar-refractivity contribution in [3.63, 3.8) is 0 Å². The Kier molecular flexibility index (Phi) is 5.43. The quantitative estimate of drug-likeness (QED) is 0.560. The maximum Gasteiger partial charge on any atom is 0.123 e. The lowest BCUT2D eigenvalue weighted by Gasteiger charge is -2.34. The van der Waals surface area contributed by atoms with Crippen molar-refractivity contribution in [2.45, 2.75) is 58.3 Å². The van der Waals surface area contributed by atoms with Gasteiger partial charge in [-0.05, 0) is 97.6 Å². The van der Waals surface area contributed by atoms with Gasteiger partial charge in [-0.3, -0.25) is 4.98 Å². The highest BCUT2D eigenvalue weighted by Crippen LogP contribution is 2.43. The van der Waals surface area contributed by atoms with Gasteiger partial charge in [-0.15, -0.1) is 0 Å². The van der Waals surface area contributed by atoms with Crippen LogP contribution in [-0.4, -0.2) is 4.98 Å². The Bertz CT molecular complexity index is 858. The molecule has 2 aromatic rings. The molecule has 0 amide bonds. The summed E-state index contributed by atoms with van der Waals surface area (Å²) in [5, 5.41) is 0.998. The molecule has 4 rings (SSSR count). The fraction of sp³-hybridized carbons (Fsp3) is 0.480. The lowest BCUT2D eigenvalue weighted by Crippen LogP contribution is -2.21. The zero-order valence-corrected chi connectivity index (χ0v) is 16.5. The molecule has 2 heteroatoms. The van der Waals surface area contributed by atoms with Crippen LogP contribution in [0.3, 0.4) is 0 Å². The van der Waals surface area contributed by atoms with Crippen molar-refractivity contribution < 1.29 is 4.39 Å². The smallest absolute Gasteiger partial charge is 0.123 e. The first-order chi connectivity index (χ1) is 13.2. The van der Waals surface area contributed by atoms with Crippen LogP contribution in [0.5, 0.6) is 0 Å². The number of hydrogen-bond donors (Lipinski definition) is 0. The van der Waals surface area contributed by atoms with Crippen molar-refractivity contribution in [1.82, 2.24) is 4.98 Å². The SMILES string of the molecule is CCC1C=CC(C(C)C2CCC(c3ccnc4ccc(F)cc34)CC2)=CC1. The van der Waals surface area contributed by atoms with E-state index < -0.39 is 0 Å². The second kappa shape index (κ2) is 7.96. The van der Waals surface area contributed by atoms with Gasteiger partial charge >= 0.3 is 0 Å². The number of rotatable bonds is 4. The predicted molar refractivity (Wildman–Crippen MR) is 111 cm³/mol. The Balaban J connectivity index is 1.45. The van der Waals surface area contributed by atoms with Gasteiger partial charge in [-0.2, -0.15) is 0 Å². The lowest BCUT2D eigenvalue weighted by atomic mass is 9.71. The molecule has 27 heavy (non-hydrogen) atoms. The van der Waals surface area contributed by atoms with Gasteiger partial charge in [0, 0.05) is 11.6 Å². The van der Waals surface area contributed by atoms with Crippen LogP contribution < -0.4 is 0 Å². The van der Waals surface area contributed by atoms with E-state index in [4.69, 9.17) is 0 Å². The number of aromatic nitrogens is 1. The normalized spacial score (nSPS) is 26.8. The van der Waals surface area contributed by atoms with E-state index in [0.29, 0.717) is 11.8 Å². The van der Waals surface area contributed by atoms with Crippen molar-refractivity contribution in [3.8, 4) is 0 Å². The van der Waals surface area contributed by atoms with E-state index in [1.54, 1.807) is 17.7 Å². The highest BCUT2D eigenvalue weighted by atomic mass is 19.1. The minimum absolute atomic E-state index is 0.166. The van der Waals surface area contributed by atoms with E-state index in [1.165, 1.54) is 50.2 Å². The van der Waals surface area contributed by atoms with Crippen LogP contribution in [0, 0.1) is 23.6 Å². The van der Waals surface area contributed by atoms with Crippen LogP contribution in [-0.2, 0) is 0 Å². The second-order valence-corrected chi connectivity index (χ2v) is 8.43. The zero-order chi connectivity index (χ0) is 18.8. The first-order valence-electron chi connectivity index (χ1n) is 10.6. The van der Waals surface area contributed by atoms with Crippen molar-refractivity contribution in [2.75, 3.05) is 0 Å². The summed E-state index contributed by atoms with van der Waals surface area (Å²) in [6, 6.07) is 7.07. The first kappa shape index (κ1) is 18.4. The Morgan fingerprint density at radius 3 is 2.67 bits per heavy atom. The molecule has 2 aliphatic rings. The third kappa shape index (κ3) is 3.85. The number of pyridine rings is 1. The van der Waals surface area contributed by atoms with E-state index >= 15 is 0 Å². The summed E-state index contributed by atoms with van der Waals surface area (Å²) in [6.07, 6.45) is 16.5. The molecule has 0 aliphatic heterocycles. The Morgan fingerprint density at radius 2 is 1.96 bits per heavy atom. The molecule has 0 N–H and O–H groups in total. The van der Waals surface area contributed by atoms with Crippen LogP contribution >= 0.6 is 0 Å². The summed E-state index contributed by atoms with van der Waals surface area (Å²) >= 11 is 0. The fourth-order valence-electron chi connectivity index (χ4n) is 5.02. The van der Waals surface area contributed by atoms with E-state index in [0.717, 1.165) is 22.7 Å². The van der Waals surface area contributed by atoms with E-state index in [2.05, 4.69) is 43.1 Å². The summed E-state index contributed by atoms with van der Waals surface area (Å²) in [7, 11) is 0. The van der Waals surface area contributed by atoms with Gasteiger partial charge in [0.05, 0.1) is 5.52 Å². The minimum atomic E-state index is -0.166. The van der Waals surface area contributed by atoms with Crippen LogP contribution in [0.4, 0.5) is 4.39 Å². The monoisotopic (exact) mass is 363 g/mol. The Labute approximate surface area is 162 Å². The summed E-state index contributed by atoms with van der Waals surface area (Å²) in [5.41, 5.74) is 3.74. The van der Waals surface area contributed by atoms with Crippen LogP contribution in [0.15, 0.2) is 54.3 Å². The van der Waals surface area contributed by atoms with Gasteiger partial charge in [0.2, 0.25) is 0 Å². The van der Waals surface area contributed by atoms with Gasteiger partial charge < -0.3 is 0 Å². The van der Waals surface area contributed by atoms with Gasteiger partial charge in [-0.25, -0.2) is 4.39 Å². The number of hydrogen-bond acceptors (Lipinski definition) is 1. The average molecular weight is 364 g/mol. The van der Waals surface area contributed by atoms with E-state index in [1.807, 2.05) is 6.20 Å². The zero-order valence-electron chi connectivity index (χ0n) is 16.5. The fourth-order valence-corrected chi connectivity index (χ4v) is 5.02. The molecular formula is C25H30FN. The van der Waals surface area contributed by atoms with Crippen LogP contribution in [0.1, 0.15) is 63.9 Å². The highest BCUT2D eigenvalue weighted by Gasteiger charge is 2.28. The number of fused-ring (bicyclic) bond motifs is 1. The molecule has 1 saturated carbocycles. The molecule has 1 aromatic carbocycles. The largest absolute Gasteiger partial charge is 0.256 e. The molecular weight excluding hydrogens is 333 g/mol. The summed E-state index contributed by atoms with van der Waals surface area (Å²) in [5.74, 6) is 2.51. The van der Waals surface area contributed by atoms with Crippen LogP contribution in [0.25, 0.3) is 10.9 Å². The van der Waals surface area contributed by atoms with Crippen molar-refractivity contribution >= 4 is 10.9 Å². The number of halogens is 1. The molecule has 1 heterocycles. The number of benzene rings is 1. The standard InChI is InChI=1S/C25H30FN/c1-3-18-4-6-19(7-5-18)17(2)20-8-10-21(11-9-20)23-14-15-27-25-13-12-22(26)16-24(23)25/h4,6-7,12-18,20-21H,3,5,8-11H2,1-2H3. The second-order valence-electron chi connectivity index (χ2n) is 8.43. The van der Waals surface area contributed by atoms with E-state index in [9.17, 15) is 4.39 Å². The lowest BCUT2D eigenvalue weighted by molar-refractivity contribution is 0.271. The van der Waals surface area contributed by atoms with Crippen LogP contribution in [0.2, 0.25) is 0 Å². The molecule has 0 spiro atoms. The molecule has 142 valence electrons. The van der Waals surface area contributed by atoms with E-state index in [-0.39, 0.29) is 5.82 Å². The molecule has 0 bridgehead atoms. The van der Waals surface area contributed by atoms with Crippen molar-refractivity contribution in [3.05, 3.63) is 65.6 Å². The molecule has 2 unspecified atom stereocenters. The maximum atomic E-state index is 13.8. The third-order valence-electron chi connectivity index (χ3n) is 6.92. The Hall–Kier alpha value is -1.96. The molecule has 1 fully saturated rings. The number of nitrogens with zero attached hydrogens (tertiary/aromatic N) is 1. The Morgan fingerprint density at radius 1 is 1.15 bits per heavy atom. The third-order valence-corrected chi connectivity index (χ3v) is 6.92. The van der Waals surface area contributed by atoms with Gasteiger partial charge in [0.1, 0.15) is 5.82 Å². The molecule has 2 aliphatic carbocycles. The topological polar surface area (TPSA) is 12.9 Å². The molecule has 2 atom stereocenters. The summed E-state index contributed by atoms with van der Waals surface area (Å²) in [4.78, 5) is 4.41. The molecule has 1 aromatic heterocycles. The first-order valence-corrected chi connectivity index (χ1v) is 10.6. The average Bonchev–Trinajstić information content (AvgIpc) is 2.73. The molecule has 0 saturated heterocycles. The number of allylic oxidation sites excluding steroid dienone is 4. The van der Waals surface area contributed by atoms with Gasteiger partial charge in [-0.1, -0.05) is 32.1 Å². The molecule has 0 radical (unpaired) electrons. The minimum Gasteiger partial charge on any atom is -0.256 e. The summed E-state index contributed by atoms with van der Waals surface area (Å²) < 4.78 is 13.8. The van der Waals surface area contributed by atoms with Gasteiger partial charge in [0.25, 0.3) is 0 Å². The molecule has 1 nitrogen and oxygen atoms in total. The van der Waals surface area contributed by atoms with Crippen molar-refractivity contribution in [2.24, 2.45) is 17.8 Å². The van der Waals surface area contributed by atoms with Crippen molar-refractivity contribution in [1.29, 1.82) is 0 Å². The maximum absolute atomic E-state index is 13.8. The highest BCUT2D eigenvalue weighted by molar-refractivity contribution is 5.82.